The molecule has 1 aliphatic rings. The number of esters is 1. The van der Waals surface area contributed by atoms with E-state index in [2.05, 4.69) is 4.98 Å². The number of carbonyl (C=O) groups excluding carboxylic acids is 1. The van der Waals surface area contributed by atoms with Gasteiger partial charge in [-0.05, 0) is 5.92 Å². The molecule has 108 valence electrons. The second-order valence-corrected chi connectivity index (χ2v) is 5.18. The van der Waals surface area contributed by atoms with Crippen LogP contribution in [0.4, 0.5) is 11.5 Å². The largest absolute Gasteiger partial charge is 0.469 e. The number of nitro groups is 1. The SMILES string of the molecule is COC(=O)C1CN(c2ncc([N+](=O)[O-])cc2Cl)CC1C. The number of ether oxygens (including phenoxy) is 1. The van der Waals surface area contributed by atoms with Gasteiger partial charge in [-0.1, -0.05) is 18.5 Å². The summed E-state index contributed by atoms with van der Waals surface area (Å²) in [5, 5.41) is 10.9. The number of carbonyl (C=O) groups is 1. The molecule has 0 spiro atoms. The van der Waals surface area contributed by atoms with Crippen LogP contribution in [0.15, 0.2) is 12.3 Å². The minimum absolute atomic E-state index is 0.107. The van der Waals surface area contributed by atoms with Crippen molar-refractivity contribution in [3.63, 3.8) is 0 Å². The summed E-state index contributed by atoms with van der Waals surface area (Å²) in [6, 6.07) is 1.26. The summed E-state index contributed by atoms with van der Waals surface area (Å²) in [6.45, 7) is 2.99. The van der Waals surface area contributed by atoms with Gasteiger partial charge in [0.15, 0.2) is 0 Å². The summed E-state index contributed by atoms with van der Waals surface area (Å²) in [7, 11) is 1.36. The number of hydrogen-bond acceptors (Lipinski definition) is 6. The molecular weight excluding hydrogens is 286 g/mol. The fourth-order valence-electron chi connectivity index (χ4n) is 2.35. The van der Waals surface area contributed by atoms with Crippen molar-refractivity contribution in [2.45, 2.75) is 6.92 Å². The molecule has 0 aliphatic carbocycles. The van der Waals surface area contributed by atoms with E-state index in [1.54, 1.807) is 0 Å². The maximum absolute atomic E-state index is 11.6. The Morgan fingerprint density at radius 3 is 2.85 bits per heavy atom. The van der Waals surface area contributed by atoms with E-state index in [-0.39, 0.29) is 28.5 Å². The van der Waals surface area contributed by atoms with Crippen molar-refractivity contribution < 1.29 is 14.5 Å². The summed E-state index contributed by atoms with van der Waals surface area (Å²) >= 11 is 6.04. The van der Waals surface area contributed by atoms with E-state index >= 15 is 0 Å². The lowest BCUT2D eigenvalue weighted by Crippen LogP contribution is -2.25. The highest BCUT2D eigenvalue weighted by Crippen LogP contribution is 2.33. The van der Waals surface area contributed by atoms with Crippen molar-refractivity contribution in [1.82, 2.24) is 4.98 Å². The average molecular weight is 300 g/mol. The molecule has 1 saturated heterocycles. The van der Waals surface area contributed by atoms with Crippen molar-refractivity contribution >= 4 is 29.1 Å². The van der Waals surface area contributed by atoms with Gasteiger partial charge in [-0.25, -0.2) is 4.98 Å². The second kappa shape index (κ2) is 5.62. The zero-order valence-corrected chi connectivity index (χ0v) is 11.8. The highest BCUT2D eigenvalue weighted by molar-refractivity contribution is 6.33. The minimum Gasteiger partial charge on any atom is -0.469 e. The Bertz CT molecular complexity index is 552. The van der Waals surface area contributed by atoms with Crippen LogP contribution in [0.1, 0.15) is 6.92 Å². The standard InChI is InChI=1S/C12H14ClN3O4/c1-7-5-15(6-9(7)12(17)20-2)11-10(13)3-8(4-14-11)16(18)19/h3-4,7,9H,5-6H2,1-2H3. The Kier molecular flexibility index (Phi) is 4.08. The van der Waals surface area contributed by atoms with Crippen LogP contribution in [0, 0.1) is 22.0 Å². The van der Waals surface area contributed by atoms with Gasteiger partial charge in [-0.15, -0.1) is 0 Å². The van der Waals surface area contributed by atoms with Crippen molar-refractivity contribution in [3.8, 4) is 0 Å². The van der Waals surface area contributed by atoms with Gasteiger partial charge in [-0.3, -0.25) is 14.9 Å². The highest BCUT2D eigenvalue weighted by atomic mass is 35.5. The quantitative estimate of drug-likeness (QED) is 0.481. The lowest BCUT2D eigenvalue weighted by Gasteiger charge is -2.17. The molecule has 2 heterocycles. The molecular formula is C12H14ClN3O4. The Labute approximate surface area is 120 Å². The number of hydrogen-bond donors (Lipinski definition) is 0. The zero-order valence-electron chi connectivity index (χ0n) is 11.1. The minimum atomic E-state index is -0.549. The topological polar surface area (TPSA) is 85.6 Å². The first-order chi connectivity index (χ1) is 9.43. The van der Waals surface area contributed by atoms with Gasteiger partial charge >= 0.3 is 5.97 Å². The van der Waals surface area contributed by atoms with Gasteiger partial charge in [0.1, 0.15) is 12.0 Å². The van der Waals surface area contributed by atoms with Gasteiger partial charge in [0.25, 0.3) is 5.69 Å². The van der Waals surface area contributed by atoms with E-state index < -0.39 is 4.92 Å². The van der Waals surface area contributed by atoms with Crippen LogP contribution in [0.2, 0.25) is 5.02 Å². The third-order valence-electron chi connectivity index (χ3n) is 3.43. The summed E-state index contributed by atoms with van der Waals surface area (Å²) in [4.78, 5) is 27.6. The fourth-order valence-corrected chi connectivity index (χ4v) is 2.63. The van der Waals surface area contributed by atoms with Gasteiger partial charge in [0.05, 0.1) is 23.0 Å². The van der Waals surface area contributed by atoms with Gasteiger partial charge in [0.2, 0.25) is 0 Å². The normalized spacial score (nSPS) is 21.9. The Morgan fingerprint density at radius 2 is 2.30 bits per heavy atom. The number of pyridine rings is 1. The van der Waals surface area contributed by atoms with Crippen molar-refractivity contribution in [2.24, 2.45) is 11.8 Å². The van der Waals surface area contributed by atoms with Gasteiger partial charge in [-0.2, -0.15) is 0 Å². The van der Waals surface area contributed by atoms with E-state index in [1.165, 1.54) is 13.2 Å². The Hall–Kier alpha value is -1.89. The Morgan fingerprint density at radius 1 is 1.60 bits per heavy atom. The number of methoxy groups -OCH3 is 1. The van der Waals surface area contributed by atoms with E-state index in [9.17, 15) is 14.9 Å². The molecule has 1 aromatic heterocycles. The van der Waals surface area contributed by atoms with Crippen LogP contribution in [-0.2, 0) is 9.53 Å². The molecule has 0 N–H and O–H groups in total. The molecule has 0 amide bonds. The molecule has 2 rings (SSSR count). The molecule has 0 radical (unpaired) electrons. The molecule has 8 heteroatoms. The number of rotatable bonds is 3. The first-order valence-corrected chi connectivity index (χ1v) is 6.44. The highest BCUT2D eigenvalue weighted by Gasteiger charge is 2.37. The lowest BCUT2D eigenvalue weighted by molar-refractivity contribution is -0.385. The van der Waals surface area contributed by atoms with Crippen LogP contribution < -0.4 is 4.90 Å². The third kappa shape index (κ3) is 2.67. The molecule has 0 saturated carbocycles. The molecule has 1 aromatic rings. The first-order valence-electron chi connectivity index (χ1n) is 6.06. The van der Waals surface area contributed by atoms with Crippen LogP contribution >= 0.6 is 11.6 Å². The van der Waals surface area contributed by atoms with Crippen molar-refractivity contribution in [2.75, 3.05) is 25.1 Å². The molecule has 0 bridgehead atoms. The number of nitrogens with zero attached hydrogens (tertiary/aromatic N) is 3. The predicted molar refractivity (Wildman–Crippen MR) is 72.8 cm³/mol. The molecule has 7 nitrogen and oxygen atoms in total. The van der Waals surface area contributed by atoms with E-state index in [0.717, 1.165) is 6.20 Å². The van der Waals surface area contributed by atoms with Crippen LogP contribution in [-0.4, -0.2) is 36.1 Å². The Balaban J connectivity index is 2.21. The monoisotopic (exact) mass is 299 g/mol. The third-order valence-corrected chi connectivity index (χ3v) is 3.71. The lowest BCUT2D eigenvalue weighted by atomic mass is 9.99. The van der Waals surface area contributed by atoms with E-state index in [4.69, 9.17) is 16.3 Å². The number of aromatic nitrogens is 1. The molecule has 0 aromatic carbocycles. The van der Waals surface area contributed by atoms with Gasteiger partial charge in [0, 0.05) is 19.2 Å². The van der Waals surface area contributed by atoms with Crippen molar-refractivity contribution in [3.05, 3.63) is 27.4 Å². The van der Waals surface area contributed by atoms with E-state index in [0.29, 0.717) is 18.9 Å². The first kappa shape index (κ1) is 14.5. The molecule has 2 atom stereocenters. The predicted octanol–water partition coefficient (Wildman–Crippen LogP) is 1.89. The number of anilines is 1. The molecule has 2 unspecified atom stereocenters. The van der Waals surface area contributed by atoms with Crippen LogP contribution in [0.3, 0.4) is 0 Å². The van der Waals surface area contributed by atoms with Gasteiger partial charge < -0.3 is 9.64 Å². The van der Waals surface area contributed by atoms with Crippen molar-refractivity contribution in [1.29, 1.82) is 0 Å². The second-order valence-electron chi connectivity index (χ2n) is 4.77. The summed E-state index contributed by atoms with van der Waals surface area (Å²) in [5.74, 6) is 0.0529. The maximum atomic E-state index is 11.6. The maximum Gasteiger partial charge on any atom is 0.310 e. The molecule has 1 fully saturated rings. The fraction of sp³-hybridized carbons (Fsp3) is 0.500. The van der Waals surface area contributed by atoms with E-state index in [1.807, 2.05) is 11.8 Å². The number of halogens is 1. The zero-order chi connectivity index (χ0) is 14.9. The average Bonchev–Trinajstić information content (AvgIpc) is 2.79. The molecule has 20 heavy (non-hydrogen) atoms. The van der Waals surface area contributed by atoms with Crippen LogP contribution in [0.5, 0.6) is 0 Å². The summed E-state index contributed by atoms with van der Waals surface area (Å²) in [5.41, 5.74) is -0.157. The molecule has 1 aliphatic heterocycles. The summed E-state index contributed by atoms with van der Waals surface area (Å²) < 4.78 is 4.76. The smallest absolute Gasteiger partial charge is 0.310 e. The summed E-state index contributed by atoms with van der Waals surface area (Å²) in [6.07, 6.45) is 1.16. The van der Waals surface area contributed by atoms with Crippen LogP contribution in [0.25, 0.3) is 0 Å².